The van der Waals surface area contributed by atoms with Crippen molar-refractivity contribution in [2.45, 2.75) is 17.8 Å². The van der Waals surface area contributed by atoms with Gasteiger partial charge in [-0.2, -0.15) is 0 Å². The topological polar surface area (TPSA) is 75.2 Å². The molecule has 1 aliphatic heterocycles. The minimum absolute atomic E-state index is 0.568. The maximum Gasteiger partial charge on any atom is 0.191 e. The molecule has 1 aromatic heterocycles. The van der Waals surface area contributed by atoms with Crippen molar-refractivity contribution >= 4 is 17.4 Å². The molecule has 20 heavy (non-hydrogen) atoms. The van der Waals surface area contributed by atoms with Crippen LogP contribution in [0.4, 0.5) is 5.69 Å². The third-order valence-electron chi connectivity index (χ3n) is 3.21. The lowest BCUT2D eigenvalue weighted by Crippen LogP contribution is -2.15. The van der Waals surface area contributed by atoms with Crippen LogP contribution >= 0.6 is 11.8 Å². The van der Waals surface area contributed by atoms with Crippen molar-refractivity contribution in [3.05, 3.63) is 23.5 Å². The standard InChI is InChI=1S/C13H16N4O2S/c1-8-15-16-13(17(8)2)20-7-9-5-11-12(6-10(9)14)19-4-3-18-11/h5-6H,3-4,7,14H2,1-2H3. The van der Waals surface area contributed by atoms with Crippen LogP contribution in [0, 0.1) is 6.92 Å². The van der Waals surface area contributed by atoms with Crippen molar-refractivity contribution in [2.24, 2.45) is 7.05 Å². The van der Waals surface area contributed by atoms with E-state index in [1.54, 1.807) is 11.8 Å². The summed E-state index contributed by atoms with van der Waals surface area (Å²) < 4.78 is 13.0. The number of aryl methyl sites for hydroxylation is 1. The highest BCUT2D eigenvalue weighted by Gasteiger charge is 2.15. The average Bonchev–Trinajstić information content (AvgIpc) is 2.76. The molecule has 2 heterocycles. The number of thioether (sulfide) groups is 1. The number of aromatic nitrogens is 3. The van der Waals surface area contributed by atoms with Gasteiger partial charge in [0.05, 0.1) is 0 Å². The number of fused-ring (bicyclic) bond motifs is 1. The summed E-state index contributed by atoms with van der Waals surface area (Å²) in [6, 6.07) is 3.77. The van der Waals surface area contributed by atoms with Crippen LogP contribution in [0.3, 0.4) is 0 Å². The van der Waals surface area contributed by atoms with Crippen LogP contribution in [-0.4, -0.2) is 28.0 Å². The predicted molar refractivity (Wildman–Crippen MR) is 77.1 cm³/mol. The van der Waals surface area contributed by atoms with Crippen LogP contribution in [-0.2, 0) is 12.8 Å². The van der Waals surface area contributed by atoms with Crippen molar-refractivity contribution in [2.75, 3.05) is 18.9 Å². The Balaban J connectivity index is 1.79. The molecule has 0 bridgehead atoms. The summed E-state index contributed by atoms with van der Waals surface area (Å²) in [4.78, 5) is 0. The summed E-state index contributed by atoms with van der Waals surface area (Å²) in [5.41, 5.74) is 7.78. The third kappa shape index (κ3) is 2.40. The fourth-order valence-corrected chi connectivity index (χ4v) is 2.89. The quantitative estimate of drug-likeness (QED) is 0.686. The van der Waals surface area contributed by atoms with Crippen molar-refractivity contribution in [1.29, 1.82) is 0 Å². The summed E-state index contributed by atoms with van der Waals surface area (Å²) >= 11 is 1.60. The van der Waals surface area contributed by atoms with Crippen LogP contribution in [0.25, 0.3) is 0 Å². The lowest BCUT2D eigenvalue weighted by atomic mass is 10.2. The molecule has 0 saturated heterocycles. The van der Waals surface area contributed by atoms with E-state index in [9.17, 15) is 0 Å². The Morgan fingerprint density at radius 3 is 2.60 bits per heavy atom. The second-order valence-corrected chi connectivity index (χ2v) is 5.51. The molecule has 2 N–H and O–H groups in total. The van der Waals surface area contributed by atoms with Gasteiger partial charge in [0.2, 0.25) is 0 Å². The first kappa shape index (κ1) is 13.1. The SMILES string of the molecule is Cc1nnc(SCc2cc3c(cc2N)OCCO3)n1C. The molecule has 6 nitrogen and oxygen atoms in total. The summed E-state index contributed by atoms with van der Waals surface area (Å²) in [7, 11) is 1.95. The number of hydrogen-bond acceptors (Lipinski definition) is 6. The monoisotopic (exact) mass is 292 g/mol. The number of rotatable bonds is 3. The van der Waals surface area contributed by atoms with Crippen LogP contribution in [0.15, 0.2) is 17.3 Å². The minimum Gasteiger partial charge on any atom is -0.486 e. The molecule has 2 aromatic rings. The summed E-state index contributed by atoms with van der Waals surface area (Å²) in [6.45, 7) is 3.07. The second kappa shape index (κ2) is 5.24. The first-order valence-corrected chi connectivity index (χ1v) is 7.30. The van der Waals surface area contributed by atoms with Crippen molar-refractivity contribution in [1.82, 2.24) is 14.8 Å². The summed E-state index contributed by atoms with van der Waals surface area (Å²) in [6.07, 6.45) is 0. The molecule has 0 fully saturated rings. The molecule has 106 valence electrons. The number of ether oxygens (including phenoxy) is 2. The second-order valence-electron chi connectivity index (χ2n) is 4.57. The van der Waals surface area contributed by atoms with Crippen molar-refractivity contribution < 1.29 is 9.47 Å². The Hall–Kier alpha value is -1.89. The number of nitrogen functional groups attached to an aromatic ring is 1. The maximum atomic E-state index is 6.06. The Morgan fingerprint density at radius 2 is 1.95 bits per heavy atom. The number of nitrogens with zero attached hydrogens (tertiary/aromatic N) is 3. The zero-order valence-corrected chi connectivity index (χ0v) is 12.2. The normalized spacial score (nSPS) is 13.5. The van der Waals surface area contributed by atoms with Gasteiger partial charge in [-0.3, -0.25) is 0 Å². The molecule has 0 radical (unpaired) electrons. The highest BCUT2D eigenvalue weighted by molar-refractivity contribution is 7.98. The Kier molecular flexibility index (Phi) is 3.43. The van der Waals surface area contributed by atoms with Gasteiger partial charge < -0.3 is 19.8 Å². The van der Waals surface area contributed by atoms with Gasteiger partial charge >= 0.3 is 0 Å². The fourth-order valence-electron chi connectivity index (χ4n) is 1.93. The molecule has 3 rings (SSSR count). The molecular weight excluding hydrogens is 276 g/mol. The molecule has 1 aliphatic rings. The number of hydrogen-bond donors (Lipinski definition) is 1. The van der Waals surface area contributed by atoms with E-state index in [-0.39, 0.29) is 0 Å². The highest BCUT2D eigenvalue weighted by Crippen LogP contribution is 2.36. The smallest absolute Gasteiger partial charge is 0.191 e. The van der Waals surface area contributed by atoms with Gasteiger partial charge in [-0.15, -0.1) is 10.2 Å². The van der Waals surface area contributed by atoms with E-state index in [4.69, 9.17) is 15.2 Å². The Bertz CT molecular complexity index is 642. The van der Waals surface area contributed by atoms with Gasteiger partial charge in [0, 0.05) is 24.6 Å². The largest absolute Gasteiger partial charge is 0.486 e. The predicted octanol–water partition coefficient (Wildman–Crippen LogP) is 1.77. The zero-order valence-electron chi connectivity index (χ0n) is 11.4. The third-order valence-corrected chi connectivity index (χ3v) is 4.28. The lowest BCUT2D eigenvalue weighted by molar-refractivity contribution is 0.171. The molecule has 0 aliphatic carbocycles. The highest BCUT2D eigenvalue weighted by atomic mass is 32.2. The molecule has 0 saturated carbocycles. The van der Waals surface area contributed by atoms with Gasteiger partial charge in [0.25, 0.3) is 0 Å². The molecule has 0 spiro atoms. The Labute approximate surface area is 121 Å². The molecular formula is C13H16N4O2S. The first-order chi connectivity index (χ1) is 9.65. The fraction of sp³-hybridized carbons (Fsp3) is 0.385. The van der Waals surface area contributed by atoms with Gasteiger partial charge in [0.15, 0.2) is 16.7 Å². The van der Waals surface area contributed by atoms with Gasteiger partial charge in [0.1, 0.15) is 19.0 Å². The average molecular weight is 292 g/mol. The van der Waals surface area contributed by atoms with Gasteiger partial charge in [-0.05, 0) is 18.6 Å². The first-order valence-electron chi connectivity index (χ1n) is 6.32. The van der Waals surface area contributed by atoms with Crippen LogP contribution in [0.5, 0.6) is 11.5 Å². The Morgan fingerprint density at radius 1 is 1.25 bits per heavy atom. The van der Waals surface area contributed by atoms with E-state index in [0.717, 1.165) is 28.0 Å². The lowest BCUT2D eigenvalue weighted by Gasteiger charge is -2.20. The summed E-state index contributed by atoms with van der Waals surface area (Å²) in [5.74, 6) is 3.09. The van der Waals surface area contributed by atoms with E-state index in [0.29, 0.717) is 24.7 Å². The zero-order chi connectivity index (χ0) is 14.1. The van der Waals surface area contributed by atoms with E-state index in [2.05, 4.69) is 10.2 Å². The number of anilines is 1. The van der Waals surface area contributed by atoms with E-state index in [1.807, 2.05) is 30.7 Å². The van der Waals surface area contributed by atoms with Crippen LogP contribution < -0.4 is 15.2 Å². The van der Waals surface area contributed by atoms with E-state index in [1.165, 1.54) is 0 Å². The van der Waals surface area contributed by atoms with Gasteiger partial charge in [-0.25, -0.2) is 0 Å². The summed E-state index contributed by atoms with van der Waals surface area (Å²) in [5, 5.41) is 9.04. The van der Waals surface area contributed by atoms with E-state index < -0.39 is 0 Å². The number of benzene rings is 1. The van der Waals surface area contributed by atoms with E-state index >= 15 is 0 Å². The number of nitrogens with two attached hydrogens (primary N) is 1. The van der Waals surface area contributed by atoms with Crippen LogP contribution in [0.2, 0.25) is 0 Å². The molecule has 0 unspecified atom stereocenters. The molecule has 0 atom stereocenters. The minimum atomic E-state index is 0.568. The molecule has 0 amide bonds. The molecule has 1 aromatic carbocycles. The maximum absolute atomic E-state index is 6.06. The van der Waals surface area contributed by atoms with Gasteiger partial charge in [-0.1, -0.05) is 11.8 Å². The van der Waals surface area contributed by atoms with Crippen molar-refractivity contribution in [3.8, 4) is 11.5 Å². The van der Waals surface area contributed by atoms with Crippen LogP contribution in [0.1, 0.15) is 11.4 Å². The molecule has 7 heteroatoms. The van der Waals surface area contributed by atoms with Crippen molar-refractivity contribution in [3.63, 3.8) is 0 Å².